The zero-order valence-corrected chi connectivity index (χ0v) is 13.6. The van der Waals surface area contributed by atoms with Crippen molar-refractivity contribution in [1.82, 2.24) is 9.80 Å². The number of benzene rings is 1. The summed E-state index contributed by atoms with van der Waals surface area (Å²) in [6.07, 6.45) is -0.742. The van der Waals surface area contributed by atoms with Crippen LogP contribution in [-0.4, -0.2) is 54.6 Å². The average Bonchev–Trinajstić information content (AvgIpc) is 2.43. The fourth-order valence-electron chi connectivity index (χ4n) is 2.83. The Balaban J connectivity index is 2.09. The number of rotatable bonds is 5. The van der Waals surface area contributed by atoms with E-state index in [1.165, 1.54) is 12.1 Å². The maximum absolute atomic E-state index is 13.3. The number of hydrogen-bond acceptors (Lipinski definition) is 2. The zero-order valence-electron chi connectivity index (χ0n) is 13.6. The minimum atomic E-state index is -0.742. The third kappa shape index (κ3) is 3.64. The fraction of sp³-hybridized carbons (Fsp3) is 0.588. The molecule has 0 radical (unpaired) electrons. The van der Waals surface area contributed by atoms with Gasteiger partial charge in [0.25, 0.3) is 5.91 Å². The van der Waals surface area contributed by atoms with E-state index < -0.39 is 6.17 Å². The van der Waals surface area contributed by atoms with Gasteiger partial charge in [0.05, 0.1) is 0 Å². The SMILES string of the molecule is Cc1cc(C(=O)N(C)C(CN2CC(F)C2)C(C)C)ccc1F. The molecule has 5 heteroatoms. The summed E-state index contributed by atoms with van der Waals surface area (Å²) in [5.41, 5.74) is 0.947. The molecule has 3 nitrogen and oxygen atoms in total. The quantitative estimate of drug-likeness (QED) is 0.835. The molecule has 0 aliphatic carbocycles. The van der Waals surface area contributed by atoms with E-state index in [4.69, 9.17) is 0 Å². The molecule has 122 valence electrons. The highest BCUT2D eigenvalue weighted by Crippen LogP contribution is 2.19. The predicted molar refractivity (Wildman–Crippen MR) is 83.2 cm³/mol. The number of alkyl halides is 1. The van der Waals surface area contributed by atoms with Crippen LogP contribution in [0.15, 0.2) is 18.2 Å². The number of carbonyl (C=O) groups excluding carboxylic acids is 1. The van der Waals surface area contributed by atoms with Crippen molar-refractivity contribution in [2.45, 2.75) is 33.0 Å². The van der Waals surface area contributed by atoms with Gasteiger partial charge >= 0.3 is 0 Å². The molecule has 1 heterocycles. The van der Waals surface area contributed by atoms with Crippen LogP contribution in [0.1, 0.15) is 29.8 Å². The topological polar surface area (TPSA) is 23.6 Å². The van der Waals surface area contributed by atoms with Crippen LogP contribution < -0.4 is 0 Å². The van der Waals surface area contributed by atoms with Gasteiger partial charge in [-0.15, -0.1) is 0 Å². The van der Waals surface area contributed by atoms with Crippen molar-refractivity contribution in [3.63, 3.8) is 0 Å². The summed E-state index contributed by atoms with van der Waals surface area (Å²) in [5, 5.41) is 0. The van der Waals surface area contributed by atoms with Crippen molar-refractivity contribution in [2.75, 3.05) is 26.7 Å². The van der Waals surface area contributed by atoms with Gasteiger partial charge in [-0.25, -0.2) is 8.78 Å². The molecule has 0 spiro atoms. The molecule has 1 atom stereocenters. The van der Waals surface area contributed by atoms with Crippen LogP contribution in [0.25, 0.3) is 0 Å². The van der Waals surface area contributed by atoms with E-state index in [1.807, 2.05) is 4.90 Å². The highest BCUT2D eigenvalue weighted by molar-refractivity contribution is 5.94. The number of amides is 1. The number of nitrogens with zero attached hydrogens (tertiary/aromatic N) is 2. The molecule has 0 N–H and O–H groups in total. The Labute approximate surface area is 130 Å². The summed E-state index contributed by atoms with van der Waals surface area (Å²) in [4.78, 5) is 16.3. The maximum Gasteiger partial charge on any atom is 0.253 e. The molecule has 1 aromatic rings. The second-order valence-corrected chi connectivity index (χ2v) is 6.51. The first-order chi connectivity index (χ1) is 10.3. The summed E-state index contributed by atoms with van der Waals surface area (Å²) in [6, 6.07) is 4.42. The average molecular weight is 310 g/mol. The molecule has 1 unspecified atom stereocenters. The minimum absolute atomic E-state index is 0.00496. The van der Waals surface area contributed by atoms with Gasteiger partial charge in [-0.1, -0.05) is 13.8 Å². The number of carbonyl (C=O) groups is 1. The van der Waals surface area contributed by atoms with E-state index in [-0.39, 0.29) is 23.7 Å². The summed E-state index contributed by atoms with van der Waals surface area (Å²) >= 11 is 0. The Kier molecular flexibility index (Phi) is 5.16. The highest BCUT2D eigenvalue weighted by atomic mass is 19.1. The Hall–Kier alpha value is -1.49. The summed E-state index contributed by atoms with van der Waals surface area (Å²) in [5.74, 6) is -0.178. The number of aryl methyl sites for hydroxylation is 1. The molecule has 1 aliphatic rings. The Morgan fingerprint density at radius 3 is 2.55 bits per heavy atom. The molecule has 1 aromatic carbocycles. The van der Waals surface area contributed by atoms with E-state index >= 15 is 0 Å². The number of likely N-dealkylation sites (N-methyl/N-ethyl adjacent to an activating group) is 1. The summed E-state index contributed by atoms with van der Waals surface area (Å²) in [6.45, 7) is 7.31. The first-order valence-electron chi connectivity index (χ1n) is 7.69. The second kappa shape index (κ2) is 6.73. The molecule has 1 amide bonds. The maximum atomic E-state index is 13.3. The lowest BCUT2D eigenvalue weighted by Crippen LogP contribution is -2.55. The van der Waals surface area contributed by atoms with Gasteiger partial charge in [0, 0.05) is 38.3 Å². The normalized spacial score (nSPS) is 17.4. The van der Waals surface area contributed by atoms with Crippen LogP contribution in [0.5, 0.6) is 0 Å². The van der Waals surface area contributed by atoms with Gasteiger partial charge in [0.2, 0.25) is 0 Å². The van der Waals surface area contributed by atoms with E-state index in [1.54, 1.807) is 24.9 Å². The van der Waals surface area contributed by atoms with Gasteiger partial charge in [-0.2, -0.15) is 0 Å². The lowest BCUT2D eigenvalue weighted by Gasteiger charge is -2.41. The molecule has 0 bridgehead atoms. The molecule has 2 rings (SSSR count). The van der Waals surface area contributed by atoms with E-state index in [2.05, 4.69) is 13.8 Å². The van der Waals surface area contributed by atoms with Crippen LogP contribution in [0.2, 0.25) is 0 Å². The minimum Gasteiger partial charge on any atom is -0.337 e. The summed E-state index contributed by atoms with van der Waals surface area (Å²) in [7, 11) is 1.76. The van der Waals surface area contributed by atoms with Crippen molar-refractivity contribution in [1.29, 1.82) is 0 Å². The zero-order chi connectivity index (χ0) is 16.4. The monoisotopic (exact) mass is 310 g/mol. The second-order valence-electron chi connectivity index (χ2n) is 6.51. The number of halogens is 2. The van der Waals surface area contributed by atoms with Crippen LogP contribution in [0.3, 0.4) is 0 Å². The largest absolute Gasteiger partial charge is 0.337 e. The third-order valence-corrected chi connectivity index (χ3v) is 4.35. The molecule has 0 aromatic heterocycles. The highest BCUT2D eigenvalue weighted by Gasteiger charge is 2.32. The molecule has 1 aliphatic heterocycles. The van der Waals surface area contributed by atoms with E-state index in [0.717, 1.165) is 0 Å². The van der Waals surface area contributed by atoms with Gasteiger partial charge in [0.1, 0.15) is 12.0 Å². The Morgan fingerprint density at radius 2 is 2.05 bits per heavy atom. The molecular weight excluding hydrogens is 286 g/mol. The number of hydrogen-bond donors (Lipinski definition) is 0. The first kappa shape index (κ1) is 16.9. The molecule has 1 saturated heterocycles. The van der Waals surface area contributed by atoms with E-state index in [9.17, 15) is 13.6 Å². The Bertz CT molecular complexity index is 541. The lowest BCUT2D eigenvalue weighted by atomic mass is 9.99. The van der Waals surface area contributed by atoms with Gasteiger partial charge in [0.15, 0.2) is 0 Å². The van der Waals surface area contributed by atoms with Crippen molar-refractivity contribution in [2.24, 2.45) is 5.92 Å². The van der Waals surface area contributed by atoms with Crippen molar-refractivity contribution in [3.8, 4) is 0 Å². The van der Waals surface area contributed by atoms with Crippen LogP contribution in [-0.2, 0) is 0 Å². The van der Waals surface area contributed by atoms with Crippen LogP contribution in [0.4, 0.5) is 8.78 Å². The van der Waals surface area contributed by atoms with Crippen LogP contribution in [0, 0.1) is 18.7 Å². The standard InChI is InChI=1S/C17H24F2N2O/c1-11(2)16(10-21-8-14(18)9-21)20(4)17(22)13-5-6-15(19)12(3)7-13/h5-7,11,14,16H,8-10H2,1-4H3. The first-order valence-corrected chi connectivity index (χ1v) is 7.69. The number of likely N-dealkylation sites (tertiary alicyclic amines) is 1. The smallest absolute Gasteiger partial charge is 0.253 e. The van der Waals surface area contributed by atoms with E-state index in [0.29, 0.717) is 30.8 Å². The van der Waals surface area contributed by atoms with Crippen molar-refractivity contribution in [3.05, 3.63) is 35.1 Å². The molecule has 22 heavy (non-hydrogen) atoms. The van der Waals surface area contributed by atoms with Crippen molar-refractivity contribution >= 4 is 5.91 Å². The van der Waals surface area contributed by atoms with Crippen LogP contribution >= 0.6 is 0 Å². The molecule has 1 fully saturated rings. The molecular formula is C17H24F2N2O. The van der Waals surface area contributed by atoms with Gasteiger partial charge in [-0.3, -0.25) is 9.69 Å². The lowest BCUT2D eigenvalue weighted by molar-refractivity contribution is 0.0277. The predicted octanol–water partition coefficient (Wildman–Crippen LogP) is 2.88. The van der Waals surface area contributed by atoms with Gasteiger partial charge < -0.3 is 4.90 Å². The fourth-order valence-corrected chi connectivity index (χ4v) is 2.83. The van der Waals surface area contributed by atoms with Crippen molar-refractivity contribution < 1.29 is 13.6 Å². The Morgan fingerprint density at radius 1 is 1.41 bits per heavy atom. The summed E-state index contributed by atoms with van der Waals surface area (Å²) < 4.78 is 26.3. The molecule has 0 saturated carbocycles. The van der Waals surface area contributed by atoms with Gasteiger partial charge in [-0.05, 0) is 36.6 Å². The third-order valence-electron chi connectivity index (χ3n) is 4.35.